The molecule has 4 aromatic rings. The maximum Gasteiger partial charge on any atom is 0.339 e. The van der Waals surface area contributed by atoms with E-state index in [-0.39, 0.29) is 18.0 Å². The molecule has 0 spiro atoms. The van der Waals surface area contributed by atoms with Gasteiger partial charge in [0.05, 0.1) is 5.56 Å². The van der Waals surface area contributed by atoms with E-state index in [1.807, 2.05) is 36.4 Å². The molecule has 0 unspecified atom stereocenters. The van der Waals surface area contributed by atoms with Crippen molar-refractivity contribution in [3.8, 4) is 0 Å². The van der Waals surface area contributed by atoms with Gasteiger partial charge in [-0.15, -0.1) is 11.3 Å². The third-order valence-electron chi connectivity index (χ3n) is 5.65. The number of aryl methyl sites for hydroxylation is 1. The number of thiazole rings is 1. The van der Waals surface area contributed by atoms with Crippen LogP contribution in [0.4, 0.5) is 5.13 Å². The third kappa shape index (κ3) is 4.71. The fourth-order valence-corrected chi connectivity index (χ4v) is 4.87. The number of hydrogen-bond acceptors (Lipinski definition) is 5. The molecular formula is C27H22N2O3S. The molecule has 1 atom stereocenters. The molecule has 0 saturated heterocycles. The van der Waals surface area contributed by atoms with E-state index in [9.17, 15) is 9.59 Å². The Labute approximate surface area is 196 Å². The van der Waals surface area contributed by atoms with Crippen LogP contribution in [0.5, 0.6) is 0 Å². The first-order valence-corrected chi connectivity index (χ1v) is 11.6. The number of nitrogens with one attached hydrogen (secondary N) is 1. The molecule has 2 heterocycles. The average Bonchev–Trinajstić information content (AvgIpc) is 3.25. The molecule has 3 aromatic carbocycles. The minimum Gasteiger partial charge on any atom is -0.454 e. The van der Waals surface area contributed by atoms with Crippen molar-refractivity contribution >= 4 is 28.3 Å². The van der Waals surface area contributed by atoms with Crippen LogP contribution < -0.4 is 5.32 Å². The number of benzene rings is 3. The molecule has 0 aliphatic carbocycles. The van der Waals surface area contributed by atoms with Gasteiger partial charge in [-0.05, 0) is 41.8 Å². The highest BCUT2D eigenvalue weighted by Crippen LogP contribution is 2.31. The minimum absolute atomic E-state index is 0.246. The summed E-state index contributed by atoms with van der Waals surface area (Å²) in [4.78, 5) is 30.8. The summed E-state index contributed by atoms with van der Waals surface area (Å²) in [5.74, 6) is -0.609. The number of fused-ring (bicyclic) bond motifs is 1. The highest BCUT2D eigenvalue weighted by Gasteiger charge is 2.28. The van der Waals surface area contributed by atoms with Crippen molar-refractivity contribution in [2.24, 2.45) is 0 Å². The molecule has 1 aliphatic rings. The van der Waals surface area contributed by atoms with E-state index in [1.54, 1.807) is 24.4 Å². The average molecular weight is 455 g/mol. The lowest BCUT2D eigenvalue weighted by Crippen LogP contribution is -2.23. The second-order valence-electron chi connectivity index (χ2n) is 8.13. The Morgan fingerprint density at radius 2 is 1.94 bits per heavy atom. The lowest BCUT2D eigenvalue weighted by atomic mass is 9.93. The summed E-state index contributed by atoms with van der Waals surface area (Å²) in [5.41, 5.74) is 5.18. The highest BCUT2D eigenvalue weighted by molar-refractivity contribution is 7.15. The molecule has 33 heavy (non-hydrogen) atoms. The van der Waals surface area contributed by atoms with Gasteiger partial charge in [-0.1, -0.05) is 60.2 Å². The quantitative estimate of drug-likeness (QED) is 0.390. The van der Waals surface area contributed by atoms with Gasteiger partial charge in [0.2, 0.25) is 0 Å². The number of ether oxygens (including phenoxy) is 1. The fraction of sp³-hybridized carbons (Fsp3) is 0.148. The van der Waals surface area contributed by atoms with Gasteiger partial charge >= 0.3 is 5.97 Å². The first kappa shape index (κ1) is 21.1. The van der Waals surface area contributed by atoms with Crippen molar-refractivity contribution in [3.63, 3.8) is 0 Å². The number of anilines is 1. The van der Waals surface area contributed by atoms with E-state index in [0.29, 0.717) is 22.7 Å². The lowest BCUT2D eigenvalue weighted by molar-refractivity contribution is 0.0252. The molecule has 1 amide bonds. The Hall–Kier alpha value is -3.77. The van der Waals surface area contributed by atoms with Crippen molar-refractivity contribution in [2.75, 3.05) is 5.32 Å². The molecule has 1 aliphatic heterocycles. The maximum absolute atomic E-state index is 12.9. The van der Waals surface area contributed by atoms with Crippen molar-refractivity contribution in [2.45, 2.75) is 25.9 Å². The summed E-state index contributed by atoms with van der Waals surface area (Å²) >= 11 is 1.47. The maximum atomic E-state index is 12.9. The predicted octanol–water partition coefficient (Wildman–Crippen LogP) is 5.75. The first-order chi connectivity index (χ1) is 16.0. The number of nitrogens with zero attached hydrogens (tertiary/aromatic N) is 1. The summed E-state index contributed by atoms with van der Waals surface area (Å²) < 4.78 is 5.61. The summed E-state index contributed by atoms with van der Waals surface area (Å²) in [7, 11) is 0. The Bertz CT molecular complexity index is 1330. The number of cyclic esters (lactones) is 1. The number of esters is 1. The molecule has 0 fully saturated rings. The molecule has 0 bridgehead atoms. The van der Waals surface area contributed by atoms with Gasteiger partial charge in [0, 0.05) is 29.5 Å². The lowest BCUT2D eigenvalue weighted by Gasteiger charge is -2.25. The zero-order valence-electron chi connectivity index (χ0n) is 18.1. The topological polar surface area (TPSA) is 68.3 Å². The molecule has 1 N–H and O–H groups in total. The summed E-state index contributed by atoms with van der Waals surface area (Å²) in [6.07, 6.45) is 2.75. The smallest absolute Gasteiger partial charge is 0.339 e. The van der Waals surface area contributed by atoms with Crippen LogP contribution >= 0.6 is 11.3 Å². The summed E-state index contributed by atoms with van der Waals surface area (Å²) in [6.45, 7) is 2.07. The fourth-order valence-electron chi connectivity index (χ4n) is 4.03. The van der Waals surface area contributed by atoms with Crippen molar-refractivity contribution < 1.29 is 14.3 Å². The van der Waals surface area contributed by atoms with Gasteiger partial charge in [0.25, 0.3) is 5.91 Å². The van der Waals surface area contributed by atoms with E-state index in [1.165, 1.54) is 22.5 Å². The van der Waals surface area contributed by atoms with Crippen molar-refractivity contribution in [3.05, 3.63) is 117 Å². The van der Waals surface area contributed by atoms with Gasteiger partial charge in [-0.3, -0.25) is 10.1 Å². The Morgan fingerprint density at radius 1 is 1.09 bits per heavy atom. The van der Waals surface area contributed by atoms with Crippen molar-refractivity contribution in [1.82, 2.24) is 4.98 Å². The molecule has 6 heteroatoms. The monoisotopic (exact) mass is 454 g/mol. The molecule has 5 rings (SSSR count). The van der Waals surface area contributed by atoms with Gasteiger partial charge in [0.1, 0.15) is 6.10 Å². The van der Waals surface area contributed by atoms with Crippen LogP contribution in [-0.2, 0) is 17.6 Å². The Morgan fingerprint density at radius 3 is 2.76 bits per heavy atom. The van der Waals surface area contributed by atoms with Gasteiger partial charge in [-0.25, -0.2) is 9.78 Å². The second kappa shape index (κ2) is 9.00. The van der Waals surface area contributed by atoms with E-state index in [0.717, 1.165) is 22.4 Å². The predicted molar refractivity (Wildman–Crippen MR) is 129 cm³/mol. The van der Waals surface area contributed by atoms with Crippen molar-refractivity contribution in [1.29, 1.82) is 0 Å². The van der Waals surface area contributed by atoms with Crippen LogP contribution in [0.1, 0.15) is 54.0 Å². The molecule has 0 saturated carbocycles. The van der Waals surface area contributed by atoms with E-state index < -0.39 is 0 Å². The largest absolute Gasteiger partial charge is 0.454 e. The Balaban J connectivity index is 1.30. The number of amides is 1. The molecule has 5 nitrogen and oxygen atoms in total. The van der Waals surface area contributed by atoms with Crippen LogP contribution in [-0.4, -0.2) is 16.9 Å². The standard InChI is InChI=1S/C27H22N2O3S/c1-17-6-5-7-18(12-17)13-22-16-28-27(33-22)29-25(30)20-10-11-23-21(14-20)15-24(32-26(23)31)19-8-3-2-4-9-19/h2-12,14,16,24H,13,15H2,1H3,(H,28,29,30)/t24-/m0/s1. The normalized spacial score (nSPS) is 14.9. The number of carbonyl (C=O) groups is 2. The number of carbonyl (C=O) groups excluding carboxylic acids is 2. The summed E-state index contributed by atoms with van der Waals surface area (Å²) in [6, 6.07) is 23.1. The van der Waals surface area contributed by atoms with Gasteiger partial charge in [0.15, 0.2) is 5.13 Å². The zero-order chi connectivity index (χ0) is 22.8. The van der Waals surface area contributed by atoms with E-state index >= 15 is 0 Å². The first-order valence-electron chi connectivity index (χ1n) is 10.8. The molecule has 164 valence electrons. The SMILES string of the molecule is Cc1cccc(Cc2cnc(NC(=O)c3ccc4c(c3)C[C@@H](c3ccccc3)OC4=O)s2)c1. The second-order valence-corrected chi connectivity index (χ2v) is 9.25. The minimum atomic E-state index is -0.363. The van der Waals surface area contributed by atoms with Gasteiger partial charge in [-0.2, -0.15) is 0 Å². The van der Waals surface area contributed by atoms with E-state index in [4.69, 9.17) is 4.74 Å². The number of rotatable bonds is 5. The van der Waals surface area contributed by atoms with Crippen LogP contribution in [0.2, 0.25) is 0 Å². The Kier molecular flexibility index (Phi) is 5.75. The number of aromatic nitrogens is 1. The van der Waals surface area contributed by atoms with E-state index in [2.05, 4.69) is 35.4 Å². The summed E-state index contributed by atoms with van der Waals surface area (Å²) in [5, 5.41) is 3.45. The highest BCUT2D eigenvalue weighted by atomic mass is 32.1. The van der Waals surface area contributed by atoms with Crippen LogP contribution in [0.25, 0.3) is 0 Å². The van der Waals surface area contributed by atoms with Gasteiger partial charge < -0.3 is 4.74 Å². The molecule has 1 aromatic heterocycles. The molecular weight excluding hydrogens is 432 g/mol. The molecule has 0 radical (unpaired) electrons. The third-order valence-corrected chi connectivity index (χ3v) is 6.56. The zero-order valence-corrected chi connectivity index (χ0v) is 18.9. The van der Waals surface area contributed by atoms with Crippen LogP contribution in [0.15, 0.2) is 79.0 Å². The van der Waals surface area contributed by atoms with Crippen LogP contribution in [0, 0.1) is 6.92 Å². The van der Waals surface area contributed by atoms with Crippen LogP contribution in [0.3, 0.4) is 0 Å². The number of hydrogen-bond donors (Lipinski definition) is 1.